The molecule has 3 atom stereocenters. The Bertz CT molecular complexity index is 1710. The summed E-state index contributed by atoms with van der Waals surface area (Å²) in [6.07, 6.45) is -0.595. The lowest BCUT2D eigenvalue weighted by Gasteiger charge is -2.38. The molecule has 11 nitrogen and oxygen atoms in total. The van der Waals surface area contributed by atoms with Gasteiger partial charge in [0.2, 0.25) is 5.95 Å². The van der Waals surface area contributed by atoms with Crippen LogP contribution in [0.4, 0.5) is 5.95 Å². The van der Waals surface area contributed by atoms with Crippen LogP contribution >= 0.6 is 0 Å². The standard InChI is InChI=1S/C31H31N5O6/c1-40-23-14-8-6-12-20(23)31(19-10-4-3-5-11-19,21-13-7-9-15-24(21)41-2)35-30-33-28-27(29(39)34-30)32-18-36(28)26-16-22(38)25(17-37)42-26/h3-15,18,22,25-26,37-38H,16-17H2,1-2H3,(H2,33,34,35,39)/t22-,25+,26+/m0/s1. The number of aromatic amines is 1. The van der Waals surface area contributed by atoms with Crippen LogP contribution in [0.1, 0.15) is 29.3 Å². The number of ether oxygens (including phenoxy) is 3. The number of aliphatic hydroxyl groups excluding tert-OH is 2. The molecule has 6 rings (SSSR count). The third-order valence-electron chi connectivity index (χ3n) is 7.66. The van der Waals surface area contributed by atoms with E-state index in [2.05, 4.69) is 15.3 Å². The number of imidazole rings is 1. The van der Waals surface area contributed by atoms with Crippen molar-refractivity contribution in [2.24, 2.45) is 0 Å². The summed E-state index contributed by atoms with van der Waals surface area (Å²) in [6.45, 7) is -0.331. The van der Waals surface area contributed by atoms with E-state index in [1.54, 1.807) is 18.8 Å². The minimum atomic E-state index is -1.16. The number of aromatic nitrogens is 4. The largest absolute Gasteiger partial charge is 0.496 e. The number of anilines is 1. The van der Waals surface area contributed by atoms with Gasteiger partial charge in [-0.05, 0) is 17.7 Å². The predicted octanol–water partition coefficient (Wildman–Crippen LogP) is 3.18. The van der Waals surface area contributed by atoms with Crippen LogP contribution in [0.3, 0.4) is 0 Å². The summed E-state index contributed by atoms with van der Waals surface area (Å²) in [6, 6.07) is 25.0. The van der Waals surface area contributed by atoms with Crippen LogP contribution in [-0.2, 0) is 10.3 Å². The zero-order valence-electron chi connectivity index (χ0n) is 23.1. The molecule has 3 aromatic carbocycles. The van der Waals surface area contributed by atoms with Gasteiger partial charge in [-0.25, -0.2) is 4.98 Å². The number of methoxy groups -OCH3 is 2. The number of aliphatic hydroxyl groups is 2. The third-order valence-corrected chi connectivity index (χ3v) is 7.66. The van der Waals surface area contributed by atoms with Crippen molar-refractivity contribution in [3.05, 3.63) is 112 Å². The van der Waals surface area contributed by atoms with Gasteiger partial charge in [0, 0.05) is 17.5 Å². The minimum Gasteiger partial charge on any atom is -0.496 e. The van der Waals surface area contributed by atoms with E-state index in [-0.39, 0.29) is 30.1 Å². The van der Waals surface area contributed by atoms with Crippen LogP contribution in [0.2, 0.25) is 0 Å². The highest BCUT2D eigenvalue weighted by atomic mass is 16.5. The summed E-state index contributed by atoms with van der Waals surface area (Å²) < 4.78 is 19.2. The second-order valence-corrected chi connectivity index (χ2v) is 9.99. The molecule has 42 heavy (non-hydrogen) atoms. The van der Waals surface area contributed by atoms with Crippen LogP contribution in [0.15, 0.2) is 90.0 Å². The number of H-pyrrole nitrogens is 1. The van der Waals surface area contributed by atoms with Crippen molar-refractivity contribution in [2.45, 2.75) is 30.4 Å². The lowest BCUT2D eigenvalue weighted by Crippen LogP contribution is -2.40. The summed E-state index contributed by atoms with van der Waals surface area (Å²) in [7, 11) is 3.22. The number of fused-ring (bicyclic) bond motifs is 1. The van der Waals surface area contributed by atoms with E-state index in [1.807, 2.05) is 78.9 Å². The highest BCUT2D eigenvalue weighted by Crippen LogP contribution is 2.46. The molecule has 1 saturated heterocycles. The smallest absolute Gasteiger partial charge is 0.280 e. The summed E-state index contributed by atoms with van der Waals surface area (Å²) in [5.74, 6) is 1.38. The highest BCUT2D eigenvalue weighted by Gasteiger charge is 2.42. The molecule has 0 saturated carbocycles. The van der Waals surface area contributed by atoms with Crippen molar-refractivity contribution in [2.75, 3.05) is 26.1 Å². The second-order valence-electron chi connectivity index (χ2n) is 9.99. The van der Waals surface area contributed by atoms with Gasteiger partial charge in [0.25, 0.3) is 5.56 Å². The number of para-hydroxylation sites is 2. The van der Waals surface area contributed by atoms with E-state index in [1.165, 1.54) is 6.33 Å². The lowest BCUT2D eigenvalue weighted by molar-refractivity contribution is -0.0432. The Kier molecular flexibility index (Phi) is 7.38. The van der Waals surface area contributed by atoms with Gasteiger partial charge in [-0.1, -0.05) is 66.7 Å². The minimum absolute atomic E-state index is 0.117. The molecule has 0 bridgehead atoms. The van der Waals surface area contributed by atoms with E-state index in [0.29, 0.717) is 11.5 Å². The van der Waals surface area contributed by atoms with Crippen molar-refractivity contribution >= 4 is 17.1 Å². The van der Waals surface area contributed by atoms with Gasteiger partial charge in [0.05, 0.1) is 33.3 Å². The van der Waals surface area contributed by atoms with Gasteiger partial charge >= 0.3 is 0 Å². The van der Waals surface area contributed by atoms with Crippen LogP contribution in [0.25, 0.3) is 11.2 Å². The fourth-order valence-electron chi connectivity index (χ4n) is 5.68. The first-order chi connectivity index (χ1) is 20.5. The first-order valence-corrected chi connectivity index (χ1v) is 13.5. The normalized spacial score (nSPS) is 18.7. The molecule has 4 N–H and O–H groups in total. The summed E-state index contributed by atoms with van der Waals surface area (Å²) >= 11 is 0. The topological polar surface area (TPSA) is 144 Å². The van der Waals surface area contributed by atoms with Gasteiger partial charge in [-0.3, -0.25) is 14.3 Å². The lowest BCUT2D eigenvalue weighted by atomic mass is 9.76. The molecule has 2 aromatic heterocycles. The summed E-state index contributed by atoms with van der Waals surface area (Å²) in [4.78, 5) is 25.3. The third kappa shape index (κ3) is 4.57. The van der Waals surface area contributed by atoms with Crippen LogP contribution in [0, 0.1) is 0 Å². The molecule has 216 valence electrons. The SMILES string of the molecule is COc1ccccc1C(Nc1nc2c(ncn2[C@H]2C[C@H](O)[C@@H](CO)O2)c(=O)[nH]1)(c1ccccc1)c1ccccc1OC. The molecule has 0 aliphatic carbocycles. The average molecular weight is 570 g/mol. The molecule has 1 aliphatic heterocycles. The van der Waals surface area contributed by atoms with E-state index in [0.717, 1.165) is 16.7 Å². The molecule has 1 fully saturated rings. The fourth-order valence-corrected chi connectivity index (χ4v) is 5.68. The summed E-state index contributed by atoms with van der Waals surface area (Å²) in [5.41, 5.74) is 1.12. The predicted molar refractivity (Wildman–Crippen MR) is 156 cm³/mol. The molecular weight excluding hydrogens is 538 g/mol. The molecule has 11 heteroatoms. The average Bonchev–Trinajstić information content (AvgIpc) is 3.63. The zero-order chi connectivity index (χ0) is 29.3. The monoisotopic (exact) mass is 569 g/mol. The molecule has 0 radical (unpaired) electrons. The second kappa shape index (κ2) is 11.3. The van der Waals surface area contributed by atoms with Crippen LogP contribution in [-0.4, -0.2) is 62.8 Å². The number of hydrogen-bond donors (Lipinski definition) is 4. The van der Waals surface area contributed by atoms with Gasteiger partial charge in [0.1, 0.15) is 29.4 Å². The van der Waals surface area contributed by atoms with Crippen molar-refractivity contribution < 1.29 is 24.4 Å². The van der Waals surface area contributed by atoms with Crippen LogP contribution < -0.4 is 20.3 Å². The molecule has 3 heterocycles. The molecule has 0 spiro atoms. The Morgan fingerprint density at radius 1 is 1.00 bits per heavy atom. The van der Waals surface area contributed by atoms with E-state index in [4.69, 9.17) is 19.2 Å². The van der Waals surface area contributed by atoms with Crippen LogP contribution in [0.5, 0.6) is 11.5 Å². The quantitative estimate of drug-likeness (QED) is 0.197. The maximum Gasteiger partial charge on any atom is 0.280 e. The molecule has 0 unspecified atom stereocenters. The first-order valence-electron chi connectivity index (χ1n) is 13.5. The Hall–Kier alpha value is -4.71. The Morgan fingerprint density at radius 2 is 1.62 bits per heavy atom. The molecule has 5 aromatic rings. The zero-order valence-corrected chi connectivity index (χ0v) is 23.1. The van der Waals surface area contributed by atoms with E-state index >= 15 is 0 Å². The number of rotatable bonds is 9. The van der Waals surface area contributed by atoms with Crippen molar-refractivity contribution in [1.29, 1.82) is 0 Å². The maximum absolute atomic E-state index is 13.4. The number of hydrogen-bond acceptors (Lipinski definition) is 9. The number of benzene rings is 3. The van der Waals surface area contributed by atoms with E-state index in [9.17, 15) is 15.0 Å². The first kappa shape index (κ1) is 27.5. The van der Waals surface area contributed by atoms with Crippen molar-refractivity contribution in [3.63, 3.8) is 0 Å². The van der Waals surface area contributed by atoms with Gasteiger partial charge in [-0.15, -0.1) is 0 Å². The number of nitrogens with one attached hydrogen (secondary N) is 2. The van der Waals surface area contributed by atoms with Crippen molar-refractivity contribution in [3.8, 4) is 11.5 Å². The molecule has 1 aliphatic rings. The Morgan fingerprint density at radius 3 is 2.21 bits per heavy atom. The highest BCUT2D eigenvalue weighted by molar-refractivity contribution is 5.72. The maximum atomic E-state index is 13.4. The fraction of sp³-hybridized carbons (Fsp3) is 0.258. The van der Waals surface area contributed by atoms with Gasteiger partial charge < -0.3 is 29.7 Å². The van der Waals surface area contributed by atoms with Gasteiger partial charge in [-0.2, -0.15) is 4.98 Å². The Labute approximate surface area is 241 Å². The molecule has 0 amide bonds. The number of nitrogens with zero attached hydrogens (tertiary/aromatic N) is 3. The Balaban J connectivity index is 1.60. The van der Waals surface area contributed by atoms with Crippen molar-refractivity contribution in [1.82, 2.24) is 19.5 Å². The summed E-state index contributed by atoms with van der Waals surface area (Å²) in [5, 5.41) is 23.5. The van der Waals surface area contributed by atoms with Gasteiger partial charge in [0.15, 0.2) is 11.2 Å². The molecular formula is C31H31N5O6. The van der Waals surface area contributed by atoms with E-state index < -0.39 is 29.5 Å².